The van der Waals surface area contributed by atoms with Gasteiger partial charge in [-0.25, -0.2) is 0 Å². The van der Waals surface area contributed by atoms with Gasteiger partial charge in [0.05, 0.1) is 0 Å². The molecule has 0 spiro atoms. The average Bonchev–Trinajstić information content (AvgIpc) is 2.59. The number of halogens is 1. The zero-order chi connectivity index (χ0) is 10.6. The first-order valence-corrected chi connectivity index (χ1v) is 8.37. The molecule has 76 valence electrons. The molecule has 1 N–H and O–H groups in total. The fourth-order valence-corrected chi connectivity index (χ4v) is 2.86. The van der Waals surface area contributed by atoms with E-state index in [0.29, 0.717) is 6.42 Å². The molecule has 0 saturated carbocycles. The lowest BCUT2D eigenvalue weighted by molar-refractivity contribution is -0.112. The molecule has 0 atom stereocenters. The summed E-state index contributed by atoms with van der Waals surface area (Å²) in [6.45, 7) is 2.05. The fourth-order valence-electron chi connectivity index (χ4n) is 1.05. The molecule has 1 aromatic rings. The van der Waals surface area contributed by atoms with Gasteiger partial charge in [0, 0.05) is 27.6 Å². The first kappa shape index (κ1) is 12.2. The van der Waals surface area contributed by atoms with Gasteiger partial charge in [-0.3, -0.25) is 10.2 Å². The summed E-state index contributed by atoms with van der Waals surface area (Å²) in [5.74, 6) is -0.0602. The molecule has 1 rings (SSSR count). The number of nitrogens with one attached hydrogen (secondary N) is 1. The Hall–Kier alpha value is 0.120. The quantitative estimate of drug-likeness (QED) is 0.517. The molecular weight excluding hydrogens is 329 g/mol. The maximum Gasteiger partial charge on any atom is 0.188 e. The number of rotatable bonds is 4. The van der Waals surface area contributed by atoms with Gasteiger partial charge in [-0.15, -0.1) is 0 Å². The normalized spacial score (nSPS) is 10.1. The predicted molar refractivity (Wildman–Crippen MR) is 71.7 cm³/mol. The number of thiophene rings is 1. The average molecular weight is 339 g/mol. The number of hydrogen-bond donors (Lipinski definition) is 1. The number of aryl methyl sites for hydroxylation is 2. The lowest BCUT2D eigenvalue weighted by atomic mass is 10.1. The van der Waals surface area contributed by atoms with Crippen molar-refractivity contribution in [1.82, 2.24) is 0 Å². The summed E-state index contributed by atoms with van der Waals surface area (Å²) in [5.41, 5.74) is 2.48. The summed E-state index contributed by atoms with van der Waals surface area (Å²) in [5, 5.41) is 11.6. The SMILES string of the molecule is Cc1cscc1CCC(=O)C(=N)SI. The van der Waals surface area contributed by atoms with Crippen molar-refractivity contribution in [2.24, 2.45) is 0 Å². The van der Waals surface area contributed by atoms with Crippen molar-refractivity contribution in [1.29, 1.82) is 5.41 Å². The highest BCUT2D eigenvalue weighted by atomic mass is 127. The number of Topliss-reactive ketones (excluding diaryl/α,β-unsaturated/α-hetero) is 1. The van der Waals surface area contributed by atoms with Gasteiger partial charge >= 0.3 is 0 Å². The van der Waals surface area contributed by atoms with E-state index in [4.69, 9.17) is 5.41 Å². The summed E-state index contributed by atoms with van der Waals surface area (Å²) < 4.78 is 0. The number of carbonyl (C=O) groups is 1. The van der Waals surface area contributed by atoms with Crippen LogP contribution in [-0.2, 0) is 11.2 Å². The van der Waals surface area contributed by atoms with E-state index < -0.39 is 0 Å². The van der Waals surface area contributed by atoms with Crippen LogP contribution in [0.25, 0.3) is 0 Å². The van der Waals surface area contributed by atoms with E-state index in [2.05, 4.69) is 17.7 Å². The van der Waals surface area contributed by atoms with Gasteiger partial charge in [0.2, 0.25) is 0 Å². The largest absolute Gasteiger partial charge is 0.292 e. The molecule has 5 heteroatoms. The summed E-state index contributed by atoms with van der Waals surface area (Å²) >= 11 is 3.62. The molecule has 0 saturated heterocycles. The van der Waals surface area contributed by atoms with Crippen molar-refractivity contribution < 1.29 is 4.79 Å². The summed E-state index contributed by atoms with van der Waals surface area (Å²) in [6, 6.07) is 0. The van der Waals surface area contributed by atoms with E-state index in [9.17, 15) is 4.79 Å². The van der Waals surface area contributed by atoms with Crippen molar-refractivity contribution in [3.63, 3.8) is 0 Å². The minimum absolute atomic E-state index is 0.0602. The standard InChI is InChI=1S/C9H10INOS2/c1-6-4-13-5-7(6)2-3-8(12)9(11)14-10/h4-5,11H,2-3H2,1H3. The molecule has 0 aromatic carbocycles. The van der Waals surface area contributed by atoms with E-state index in [-0.39, 0.29) is 10.8 Å². The van der Waals surface area contributed by atoms with E-state index in [1.807, 2.05) is 21.2 Å². The Morgan fingerprint density at radius 1 is 1.64 bits per heavy atom. The van der Waals surface area contributed by atoms with Gasteiger partial charge in [-0.05, 0) is 44.2 Å². The molecule has 0 bridgehead atoms. The first-order valence-electron chi connectivity index (χ1n) is 4.07. The van der Waals surface area contributed by atoms with Crippen LogP contribution in [0.5, 0.6) is 0 Å². The van der Waals surface area contributed by atoms with Crippen LogP contribution >= 0.6 is 41.5 Å². The predicted octanol–water partition coefficient (Wildman–Crippen LogP) is 3.62. The van der Waals surface area contributed by atoms with Crippen molar-refractivity contribution >= 4 is 52.3 Å². The number of carbonyl (C=O) groups excluding carboxylic acids is 1. The number of hydrogen-bond acceptors (Lipinski definition) is 4. The van der Waals surface area contributed by atoms with Gasteiger partial charge in [0.1, 0.15) is 5.04 Å². The maximum absolute atomic E-state index is 11.3. The van der Waals surface area contributed by atoms with Crippen molar-refractivity contribution in [3.05, 3.63) is 21.9 Å². The molecule has 0 aliphatic carbocycles. The van der Waals surface area contributed by atoms with Gasteiger partial charge in [-0.2, -0.15) is 11.3 Å². The zero-order valence-electron chi connectivity index (χ0n) is 7.67. The minimum atomic E-state index is -0.0602. The van der Waals surface area contributed by atoms with Gasteiger partial charge in [0.15, 0.2) is 5.78 Å². The molecule has 0 radical (unpaired) electrons. The second kappa shape index (κ2) is 5.87. The van der Waals surface area contributed by atoms with Crippen LogP contribution in [0, 0.1) is 12.3 Å². The Morgan fingerprint density at radius 3 is 2.86 bits per heavy atom. The molecule has 1 aromatic heterocycles. The number of ketones is 1. The van der Waals surface area contributed by atoms with Gasteiger partial charge < -0.3 is 0 Å². The van der Waals surface area contributed by atoms with E-state index in [0.717, 1.165) is 6.42 Å². The second-order valence-corrected chi connectivity index (χ2v) is 5.54. The van der Waals surface area contributed by atoms with E-state index in [1.165, 1.54) is 20.1 Å². The smallest absolute Gasteiger partial charge is 0.188 e. The van der Waals surface area contributed by atoms with Crippen molar-refractivity contribution in [2.75, 3.05) is 0 Å². The first-order chi connectivity index (χ1) is 6.65. The molecule has 2 nitrogen and oxygen atoms in total. The molecule has 0 aliphatic heterocycles. The molecule has 0 amide bonds. The van der Waals surface area contributed by atoms with Crippen molar-refractivity contribution in [3.8, 4) is 0 Å². The van der Waals surface area contributed by atoms with Crippen LogP contribution < -0.4 is 0 Å². The zero-order valence-corrected chi connectivity index (χ0v) is 11.5. The monoisotopic (exact) mass is 339 g/mol. The molecule has 0 fully saturated rings. The van der Waals surface area contributed by atoms with Gasteiger partial charge in [-0.1, -0.05) is 0 Å². The molecule has 1 heterocycles. The van der Waals surface area contributed by atoms with E-state index >= 15 is 0 Å². The third-order valence-electron chi connectivity index (χ3n) is 1.91. The van der Waals surface area contributed by atoms with Crippen LogP contribution in [0.1, 0.15) is 17.5 Å². The molecule has 0 aliphatic rings. The van der Waals surface area contributed by atoms with Gasteiger partial charge in [0.25, 0.3) is 0 Å². The third kappa shape index (κ3) is 3.36. The lowest BCUT2D eigenvalue weighted by Crippen LogP contribution is -2.08. The fraction of sp³-hybridized carbons (Fsp3) is 0.333. The summed E-state index contributed by atoms with van der Waals surface area (Å²) in [7, 11) is 1.18. The van der Waals surface area contributed by atoms with Crippen LogP contribution in [0.3, 0.4) is 0 Å². The maximum atomic E-state index is 11.3. The second-order valence-electron chi connectivity index (χ2n) is 2.91. The summed E-state index contributed by atoms with van der Waals surface area (Å²) in [6.07, 6.45) is 1.21. The Kier molecular flexibility index (Phi) is 5.11. The molecular formula is C9H10INOS2. The Bertz CT molecular complexity index is 348. The Labute approximate surface area is 104 Å². The highest BCUT2D eigenvalue weighted by Gasteiger charge is 2.09. The van der Waals surface area contributed by atoms with Crippen LogP contribution in [-0.4, -0.2) is 10.8 Å². The topological polar surface area (TPSA) is 40.9 Å². The molecule has 0 unspecified atom stereocenters. The van der Waals surface area contributed by atoms with E-state index in [1.54, 1.807) is 11.3 Å². The highest BCUT2D eigenvalue weighted by Crippen LogP contribution is 2.18. The van der Waals surface area contributed by atoms with Crippen LogP contribution in [0.2, 0.25) is 0 Å². The Balaban J connectivity index is 2.45. The minimum Gasteiger partial charge on any atom is -0.292 e. The lowest BCUT2D eigenvalue weighted by Gasteiger charge is -1.99. The van der Waals surface area contributed by atoms with Crippen molar-refractivity contribution in [2.45, 2.75) is 19.8 Å². The molecule has 14 heavy (non-hydrogen) atoms. The van der Waals surface area contributed by atoms with Crippen LogP contribution in [0.15, 0.2) is 10.8 Å². The van der Waals surface area contributed by atoms with Crippen LogP contribution in [0.4, 0.5) is 0 Å². The third-order valence-corrected chi connectivity index (χ3v) is 4.53. The highest BCUT2D eigenvalue weighted by molar-refractivity contribution is 14.2. The Morgan fingerprint density at radius 2 is 2.36 bits per heavy atom. The summed E-state index contributed by atoms with van der Waals surface area (Å²) in [4.78, 5) is 11.3.